The summed E-state index contributed by atoms with van der Waals surface area (Å²) >= 11 is 0. The average Bonchev–Trinajstić information content (AvgIpc) is 2.25. The molecule has 21 heavy (non-hydrogen) atoms. The van der Waals surface area contributed by atoms with Crippen LogP contribution in [0.1, 0.15) is 41.5 Å². The predicted octanol–water partition coefficient (Wildman–Crippen LogP) is 2.62. The molecule has 0 aromatic rings. The molecule has 0 aliphatic rings. The van der Waals surface area contributed by atoms with Gasteiger partial charge in [0.05, 0.1) is 26.4 Å². The van der Waals surface area contributed by atoms with E-state index in [4.69, 9.17) is 18.9 Å². The molecular weight excluding hydrogens is 283 g/mol. The number of carbonyl (C=O) groups is 1. The molecule has 6 heteroatoms. The van der Waals surface area contributed by atoms with Gasteiger partial charge in [0.1, 0.15) is 13.2 Å². The van der Waals surface area contributed by atoms with Gasteiger partial charge in [0.15, 0.2) is 0 Å². The van der Waals surface area contributed by atoms with Crippen molar-refractivity contribution in [3.63, 3.8) is 0 Å². The van der Waals surface area contributed by atoms with Crippen molar-refractivity contribution in [3.8, 4) is 0 Å². The van der Waals surface area contributed by atoms with Gasteiger partial charge in [0, 0.05) is 0 Å². The van der Waals surface area contributed by atoms with E-state index in [1.54, 1.807) is 0 Å². The molecule has 0 heterocycles. The second kappa shape index (κ2) is 11.7. The van der Waals surface area contributed by atoms with Gasteiger partial charge in [-0.2, -0.15) is 0 Å². The maximum absolute atomic E-state index is 11.2. The Labute approximate surface area is 151 Å². The Morgan fingerprint density at radius 3 is 1.33 bits per heavy atom. The normalized spacial score (nSPS) is 11.7. The van der Waals surface area contributed by atoms with Gasteiger partial charge in [-0.1, -0.05) is 41.5 Å². The second-order valence-corrected chi connectivity index (χ2v) is 7.17. The van der Waals surface area contributed by atoms with Crippen LogP contribution in [0.15, 0.2) is 0 Å². The summed E-state index contributed by atoms with van der Waals surface area (Å²) < 4.78 is 20.5. The van der Waals surface area contributed by atoms with Crippen LogP contribution in [0.4, 0.5) is 4.79 Å². The summed E-state index contributed by atoms with van der Waals surface area (Å²) in [5, 5.41) is 0. The van der Waals surface area contributed by atoms with Gasteiger partial charge >= 0.3 is 35.7 Å². The van der Waals surface area contributed by atoms with Crippen LogP contribution >= 0.6 is 0 Å². The minimum absolute atomic E-state index is 0. The summed E-state index contributed by atoms with van der Waals surface area (Å²) in [5.41, 5.74) is 0.232. The molecule has 0 atom stereocenters. The topological polar surface area (TPSA) is 54.0 Å². The summed E-state index contributed by atoms with van der Waals surface area (Å²) in [4.78, 5) is 11.2. The fraction of sp³-hybridized carbons (Fsp3) is 0.933. The van der Waals surface area contributed by atoms with E-state index >= 15 is 0 Å². The van der Waals surface area contributed by atoms with E-state index in [-0.39, 0.29) is 53.6 Å². The maximum atomic E-state index is 11.2. The van der Waals surface area contributed by atoms with Gasteiger partial charge < -0.3 is 18.9 Å². The van der Waals surface area contributed by atoms with Gasteiger partial charge in [-0.05, 0) is 10.8 Å². The van der Waals surface area contributed by atoms with E-state index in [1.165, 1.54) is 0 Å². The Kier molecular flexibility index (Phi) is 13.1. The quantitative estimate of drug-likeness (QED) is 0.392. The summed E-state index contributed by atoms with van der Waals surface area (Å²) in [5.74, 6) is 0. The molecule has 0 aliphatic heterocycles. The molecule has 0 aliphatic carbocycles. The molecule has 0 radical (unpaired) electrons. The van der Waals surface area contributed by atoms with E-state index in [2.05, 4.69) is 41.5 Å². The Morgan fingerprint density at radius 1 is 0.714 bits per heavy atom. The van der Waals surface area contributed by atoms with Crippen LogP contribution in [0.25, 0.3) is 0 Å². The van der Waals surface area contributed by atoms with Gasteiger partial charge in [0.2, 0.25) is 0 Å². The van der Waals surface area contributed by atoms with Crippen LogP contribution in [0.3, 0.4) is 0 Å². The van der Waals surface area contributed by atoms with Crippen LogP contribution in [-0.4, -0.2) is 75.4 Å². The average molecular weight is 314 g/mol. The summed E-state index contributed by atoms with van der Waals surface area (Å²) in [6, 6.07) is 0. The SMILES string of the molecule is CC(C)(C)COCCOC(=O)OCCOCC(C)(C)C.[NaH]. The minimum atomic E-state index is -0.677. The van der Waals surface area contributed by atoms with Crippen LogP contribution in [-0.2, 0) is 18.9 Å². The molecule has 5 nitrogen and oxygen atoms in total. The summed E-state index contributed by atoms with van der Waals surface area (Å²) in [6.45, 7) is 14.9. The van der Waals surface area contributed by atoms with Crippen LogP contribution < -0.4 is 0 Å². The fourth-order valence-electron chi connectivity index (χ4n) is 1.17. The molecule has 0 bridgehead atoms. The molecule has 0 rings (SSSR count). The van der Waals surface area contributed by atoms with Crippen LogP contribution in [0, 0.1) is 10.8 Å². The Bertz CT molecular complexity index is 242. The molecule has 0 N–H and O–H groups in total. The molecular formula is C15H31NaO5. The molecule has 0 amide bonds. The standard InChI is InChI=1S/C15H30O5.Na.H/c1-14(2,3)11-17-7-9-19-13(16)20-10-8-18-12-15(4,5)6;;/h7-12H2,1-6H3;;. The zero-order valence-corrected chi connectivity index (χ0v) is 13.8. The van der Waals surface area contributed by atoms with E-state index in [0.29, 0.717) is 26.4 Å². The Balaban J connectivity index is 0. The van der Waals surface area contributed by atoms with Crippen molar-refractivity contribution >= 4 is 35.7 Å². The molecule has 0 aromatic heterocycles. The molecule has 122 valence electrons. The Morgan fingerprint density at radius 2 is 1.05 bits per heavy atom. The van der Waals surface area contributed by atoms with Gasteiger partial charge in [0.25, 0.3) is 0 Å². The van der Waals surface area contributed by atoms with Crippen molar-refractivity contribution in [3.05, 3.63) is 0 Å². The van der Waals surface area contributed by atoms with Crippen molar-refractivity contribution in [2.75, 3.05) is 39.6 Å². The van der Waals surface area contributed by atoms with E-state index in [9.17, 15) is 4.79 Å². The first-order valence-corrected chi connectivity index (χ1v) is 7.05. The number of ether oxygens (including phenoxy) is 4. The molecule has 0 unspecified atom stereocenters. The Hall–Kier alpha value is 0.190. The van der Waals surface area contributed by atoms with E-state index < -0.39 is 6.16 Å². The van der Waals surface area contributed by atoms with Crippen molar-refractivity contribution in [1.82, 2.24) is 0 Å². The summed E-state index contributed by atoms with van der Waals surface area (Å²) in [7, 11) is 0. The molecule has 0 saturated carbocycles. The third-order valence-electron chi connectivity index (χ3n) is 1.97. The predicted molar refractivity (Wildman–Crippen MR) is 85.0 cm³/mol. The third-order valence-corrected chi connectivity index (χ3v) is 1.97. The van der Waals surface area contributed by atoms with Gasteiger partial charge in [-0.25, -0.2) is 4.79 Å². The second-order valence-electron chi connectivity index (χ2n) is 7.17. The zero-order chi connectivity index (χ0) is 15.6. The molecule has 0 spiro atoms. The number of hydrogen-bond donors (Lipinski definition) is 0. The summed E-state index contributed by atoms with van der Waals surface area (Å²) in [6.07, 6.45) is -0.677. The number of carbonyl (C=O) groups excluding carboxylic acids is 1. The van der Waals surface area contributed by atoms with E-state index in [1.807, 2.05) is 0 Å². The number of hydrogen-bond acceptors (Lipinski definition) is 5. The molecule has 0 saturated heterocycles. The van der Waals surface area contributed by atoms with Crippen molar-refractivity contribution in [2.24, 2.45) is 10.8 Å². The zero-order valence-electron chi connectivity index (χ0n) is 13.8. The molecule has 0 fully saturated rings. The van der Waals surface area contributed by atoms with Gasteiger partial charge in [-0.15, -0.1) is 0 Å². The van der Waals surface area contributed by atoms with Crippen molar-refractivity contribution < 1.29 is 23.7 Å². The van der Waals surface area contributed by atoms with Gasteiger partial charge in [-0.3, -0.25) is 0 Å². The van der Waals surface area contributed by atoms with Crippen LogP contribution in [0.2, 0.25) is 0 Å². The first-order chi connectivity index (χ1) is 9.10. The first-order valence-electron chi connectivity index (χ1n) is 7.05. The van der Waals surface area contributed by atoms with Crippen molar-refractivity contribution in [2.45, 2.75) is 41.5 Å². The van der Waals surface area contributed by atoms with Crippen LogP contribution in [0.5, 0.6) is 0 Å². The number of rotatable bonds is 8. The van der Waals surface area contributed by atoms with Crippen molar-refractivity contribution in [1.29, 1.82) is 0 Å². The third kappa shape index (κ3) is 20.2. The fourth-order valence-corrected chi connectivity index (χ4v) is 1.17. The first kappa shape index (κ1) is 23.5. The monoisotopic (exact) mass is 314 g/mol. The van der Waals surface area contributed by atoms with E-state index in [0.717, 1.165) is 0 Å². The molecule has 0 aromatic carbocycles.